The average Bonchev–Trinajstić information content (AvgIpc) is 2.95. The maximum atomic E-state index is 11.9. The molecule has 0 aromatic carbocycles. The van der Waals surface area contributed by atoms with Crippen LogP contribution in [0, 0.1) is 0 Å². The normalized spacial score (nSPS) is 14.1. The lowest BCUT2D eigenvalue weighted by Gasteiger charge is -2.22. The van der Waals surface area contributed by atoms with Crippen LogP contribution in [0.3, 0.4) is 0 Å². The highest BCUT2D eigenvalue weighted by atomic mass is 79.9. The smallest absolute Gasteiger partial charge is 0.252 e. The molecular weight excluding hydrogens is 330 g/mol. The Balaban J connectivity index is 2.00. The van der Waals surface area contributed by atoms with Crippen molar-refractivity contribution in [3.63, 3.8) is 0 Å². The highest BCUT2D eigenvalue weighted by Gasteiger charge is 2.25. The minimum atomic E-state index is -1.14. The van der Waals surface area contributed by atoms with Gasteiger partial charge in [0.2, 0.25) is 0 Å². The van der Waals surface area contributed by atoms with Gasteiger partial charge in [-0.25, -0.2) is 0 Å². The molecule has 0 saturated carbocycles. The maximum absolute atomic E-state index is 11.9. The fourth-order valence-corrected chi connectivity index (χ4v) is 2.72. The molecule has 0 bridgehead atoms. The van der Waals surface area contributed by atoms with Crippen molar-refractivity contribution in [1.29, 1.82) is 0 Å². The van der Waals surface area contributed by atoms with E-state index in [1.54, 1.807) is 42.5 Å². The fraction of sp³-hybridized carbons (Fsp3) is 0.333. The highest BCUT2D eigenvalue weighted by Crippen LogP contribution is 2.21. The lowest BCUT2D eigenvalue weighted by atomic mass is 10.00. The van der Waals surface area contributed by atoms with Crippen molar-refractivity contribution in [3.8, 4) is 0 Å². The van der Waals surface area contributed by atoms with Crippen molar-refractivity contribution < 1.29 is 9.90 Å². The SMILES string of the molecule is Cn1cc(C(C)(O)CNC(=O)c2csc(Br)c2)cn1. The third-order valence-corrected chi connectivity index (χ3v) is 4.25. The van der Waals surface area contributed by atoms with E-state index in [0.29, 0.717) is 11.1 Å². The number of thiophene rings is 1. The number of nitrogens with zero attached hydrogens (tertiary/aromatic N) is 2. The summed E-state index contributed by atoms with van der Waals surface area (Å²) >= 11 is 4.75. The van der Waals surface area contributed by atoms with E-state index in [9.17, 15) is 9.90 Å². The molecule has 0 aliphatic carbocycles. The van der Waals surface area contributed by atoms with Gasteiger partial charge in [0.15, 0.2) is 0 Å². The van der Waals surface area contributed by atoms with Crippen LogP contribution in [0.2, 0.25) is 0 Å². The number of nitrogens with one attached hydrogen (secondary N) is 1. The number of aliphatic hydroxyl groups is 1. The number of carbonyl (C=O) groups excluding carboxylic acids is 1. The van der Waals surface area contributed by atoms with Crippen LogP contribution in [0.15, 0.2) is 27.6 Å². The van der Waals surface area contributed by atoms with E-state index in [1.165, 1.54) is 11.3 Å². The second-order valence-electron chi connectivity index (χ2n) is 4.50. The minimum Gasteiger partial charge on any atom is -0.383 e. The summed E-state index contributed by atoms with van der Waals surface area (Å²) in [5.74, 6) is -0.203. The molecule has 2 heterocycles. The minimum absolute atomic E-state index is 0.130. The van der Waals surface area contributed by atoms with Gasteiger partial charge in [-0.1, -0.05) is 0 Å². The van der Waals surface area contributed by atoms with Gasteiger partial charge in [0.25, 0.3) is 5.91 Å². The van der Waals surface area contributed by atoms with Crippen molar-refractivity contribution in [2.75, 3.05) is 6.54 Å². The van der Waals surface area contributed by atoms with E-state index in [-0.39, 0.29) is 12.5 Å². The van der Waals surface area contributed by atoms with Crippen molar-refractivity contribution in [2.24, 2.45) is 7.05 Å². The summed E-state index contributed by atoms with van der Waals surface area (Å²) in [6.45, 7) is 1.78. The number of hydrogen-bond donors (Lipinski definition) is 2. The van der Waals surface area contributed by atoms with Crippen LogP contribution < -0.4 is 5.32 Å². The second-order valence-corrected chi connectivity index (χ2v) is 6.79. The standard InChI is InChI=1S/C12H14BrN3O2S/c1-12(18,9-4-15-16(2)5-9)7-14-11(17)8-3-10(13)19-6-8/h3-6,18H,7H2,1-2H3,(H,14,17). The molecule has 19 heavy (non-hydrogen) atoms. The van der Waals surface area contributed by atoms with Gasteiger partial charge in [0, 0.05) is 24.2 Å². The summed E-state index contributed by atoms with van der Waals surface area (Å²) in [4.78, 5) is 11.9. The van der Waals surface area contributed by atoms with E-state index in [4.69, 9.17) is 0 Å². The first-order chi connectivity index (χ1) is 8.88. The Labute approximate surface area is 123 Å². The Morgan fingerprint density at radius 1 is 1.68 bits per heavy atom. The molecule has 7 heteroatoms. The zero-order chi connectivity index (χ0) is 14.0. The summed E-state index contributed by atoms with van der Waals surface area (Å²) in [5.41, 5.74) is 0.109. The molecule has 0 aliphatic heterocycles. The average molecular weight is 344 g/mol. The van der Waals surface area contributed by atoms with Gasteiger partial charge in [-0.05, 0) is 28.9 Å². The summed E-state index contributed by atoms with van der Waals surface area (Å²) < 4.78 is 2.51. The molecule has 2 rings (SSSR count). The monoisotopic (exact) mass is 343 g/mol. The van der Waals surface area contributed by atoms with Crippen molar-refractivity contribution in [2.45, 2.75) is 12.5 Å². The van der Waals surface area contributed by atoms with Gasteiger partial charge in [0.1, 0.15) is 5.60 Å². The second kappa shape index (κ2) is 5.44. The fourth-order valence-electron chi connectivity index (χ4n) is 1.58. The first-order valence-corrected chi connectivity index (χ1v) is 7.29. The Kier molecular flexibility index (Phi) is 4.07. The van der Waals surface area contributed by atoms with Gasteiger partial charge in [-0.15, -0.1) is 11.3 Å². The molecule has 1 atom stereocenters. The molecule has 5 nitrogen and oxygen atoms in total. The lowest BCUT2D eigenvalue weighted by Crippen LogP contribution is -2.38. The predicted molar refractivity (Wildman–Crippen MR) is 77.1 cm³/mol. The maximum Gasteiger partial charge on any atom is 0.252 e. The third kappa shape index (κ3) is 3.43. The molecule has 2 aromatic heterocycles. The van der Waals surface area contributed by atoms with Crippen LogP contribution in [-0.2, 0) is 12.6 Å². The highest BCUT2D eigenvalue weighted by molar-refractivity contribution is 9.11. The van der Waals surface area contributed by atoms with Crippen molar-refractivity contribution in [1.82, 2.24) is 15.1 Å². The summed E-state index contributed by atoms with van der Waals surface area (Å²) in [7, 11) is 1.78. The van der Waals surface area contributed by atoms with Crippen LogP contribution in [0.4, 0.5) is 0 Å². The zero-order valence-corrected chi connectivity index (χ0v) is 13.0. The Morgan fingerprint density at radius 3 is 2.95 bits per heavy atom. The first-order valence-electron chi connectivity index (χ1n) is 5.62. The lowest BCUT2D eigenvalue weighted by molar-refractivity contribution is 0.0526. The third-order valence-electron chi connectivity index (χ3n) is 2.75. The molecular formula is C12H14BrN3O2S. The Morgan fingerprint density at radius 2 is 2.42 bits per heavy atom. The van der Waals surface area contributed by atoms with E-state index >= 15 is 0 Å². The molecule has 2 N–H and O–H groups in total. The number of hydrogen-bond acceptors (Lipinski definition) is 4. The molecule has 0 saturated heterocycles. The Hall–Kier alpha value is -1.18. The summed E-state index contributed by atoms with van der Waals surface area (Å²) in [5, 5.41) is 18.8. The first kappa shape index (κ1) is 14.2. The molecule has 0 radical (unpaired) electrons. The van der Waals surface area contributed by atoms with Crippen LogP contribution >= 0.6 is 27.3 Å². The molecule has 1 amide bonds. The summed E-state index contributed by atoms with van der Waals surface area (Å²) in [6.07, 6.45) is 3.32. The molecule has 2 aromatic rings. The molecule has 1 unspecified atom stereocenters. The van der Waals surface area contributed by atoms with Crippen LogP contribution in [0.25, 0.3) is 0 Å². The number of halogens is 1. The Bertz CT molecular complexity index is 591. The molecule has 102 valence electrons. The zero-order valence-electron chi connectivity index (χ0n) is 10.6. The number of amides is 1. The number of rotatable bonds is 4. The van der Waals surface area contributed by atoms with Crippen molar-refractivity contribution >= 4 is 33.2 Å². The van der Waals surface area contributed by atoms with E-state index in [0.717, 1.165) is 3.79 Å². The largest absolute Gasteiger partial charge is 0.383 e. The molecule has 0 spiro atoms. The summed E-state index contributed by atoms with van der Waals surface area (Å²) in [6, 6.07) is 1.75. The van der Waals surface area contributed by atoms with Gasteiger partial charge in [-0.2, -0.15) is 5.10 Å². The topological polar surface area (TPSA) is 67.2 Å². The quantitative estimate of drug-likeness (QED) is 0.890. The number of aromatic nitrogens is 2. The van der Waals surface area contributed by atoms with Gasteiger partial charge < -0.3 is 10.4 Å². The van der Waals surface area contributed by atoms with E-state index < -0.39 is 5.60 Å². The van der Waals surface area contributed by atoms with Crippen LogP contribution in [-0.4, -0.2) is 27.3 Å². The van der Waals surface area contributed by atoms with Crippen molar-refractivity contribution in [3.05, 3.63) is 38.8 Å². The number of aryl methyl sites for hydroxylation is 1. The number of carbonyl (C=O) groups is 1. The van der Waals surface area contributed by atoms with Crippen LogP contribution in [0.1, 0.15) is 22.8 Å². The van der Waals surface area contributed by atoms with E-state index in [1.807, 2.05) is 0 Å². The molecule has 0 aliphatic rings. The predicted octanol–water partition coefficient (Wildman–Crippen LogP) is 1.88. The van der Waals surface area contributed by atoms with Gasteiger partial charge >= 0.3 is 0 Å². The molecule has 0 fully saturated rings. The van der Waals surface area contributed by atoms with Gasteiger partial charge in [0.05, 0.1) is 22.1 Å². The van der Waals surface area contributed by atoms with Crippen LogP contribution in [0.5, 0.6) is 0 Å². The van der Waals surface area contributed by atoms with Gasteiger partial charge in [-0.3, -0.25) is 9.48 Å². The van der Waals surface area contributed by atoms with E-state index in [2.05, 4.69) is 26.3 Å².